The largest absolute Gasteiger partial charge is 0.481 e. The predicted octanol–water partition coefficient (Wildman–Crippen LogP) is 1.55. The zero-order chi connectivity index (χ0) is 16.2. The molecular weight excluding hydrogens is 294 g/mol. The van der Waals surface area contributed by atoms with Crippen molar-refractivity contribution >= 4 is 6.03 Å². The quantitative estimate of drug-likeness (QED) is 0.799. The van der Waals surface area contributed by atoms with Crippen LogP contribution in [-0.4, -0.2) is 29.3 Å². The molecule has 120 valence electrons. The van der Waals surface area contributed by atoms with Crippen LogP contribution in [-0.2, 0) is 13.0 Å². The van der Waals surface area contributed by atoms with Crippen molar-refractivity contribution in [2.45, 2.75) is 25.1 Å². The highest BCUT2D eigenvalue weighted by molar-refractivity contribution is 5.75. The summed E-state index contributed by atoms with van der Waals surface area (Å²) in [6.45, 7) is 0.299. The smallest absolute Gasteiger partial charge is 0.315 e. The number of methoxy groups -OCH3 is 1. The molecule has 1 aliphatic carbocycles. The van der Waals surface area contributed by atoms with Gasteiger partial charge in [-0.1, -0.05) is 30.3 Å². The van der Waals surface area contributed by atoms with Crippen molar-refractivity contribution in [2.24, 2.45) is 0 Å². The third kappa shape index (κ3) is 3.27. The van der Waals surface area contributed by atoms with E-state index in [1.165, 1.54) is 7.11 Å². The molecule has 6 heteroatoms. The van der Waals surface area contributed by atoms with Gasteiger partial charge in [-0.15, -0.1) is 0 Å². The van der Waals surface area contributed by atoms with Crippen LogP contribution >= 0.6 is 0 Å². The Hall–Kier alpha value is -2.60. The van der Waals surface area contributed by atoms with E-state index in [0.29, 0.717) is 18.8 Å². The zero-order valence-electron chi connectivity index (χ0n) is 12.8. The number of rotatable bonds is 4. The average Bonchev–Trinajstić information content (AvgIpc) is 2.89. The third-order valence-electron chi connectivity index (χ3n) is 3.97. The lowest BCUT2D eigenvalue weighted by atomic mass is 10.1. The summed E-state index contributed by atoms with van der Waals surface area (Å²) in [5, 5.41) is 15.8. The van der Waals surface area contributed by atoms with E-state index >= 15 is 0 Å². The summed E-state index contributed by atoms with van der Waals surface area (Å²) >= 11 is 0. The summed E-state index contributed by atoms with van der Waals surface area (Å²) < 4.78 is 5.15. The first-order valence-corrected chi connectivity index (χ1v) is 7.47. The van der Waals surface area contributed by atoms with Gasteiger partial charge < -0.3 is 20.5 Å². The molecule has 3 N–H and O–H groups in total. The molecule has 0 aliphatic heterocycles. The number of urea groups is 1. The first-order chi connectivity index (χ1) is 11.2. The van der Waals surface area contributed by atoms with Gasteiger partial charge in [0, 0.05) is 24.7 Å². The lowest BCUT2D eigenvalue weighted by Gasteiger charge is -2.18. The molecule has 2 aromatic rings. The maximum absolute atomic E-state index is 12.1. The van der Waals surface area contributed by atoms with Crippen molar-refractivity contribution in [3.63, 3.8) is 0 Å². The van der Waals surface area contributed by atoms with Crippen LogP contribution in [0, 0.1) is 0 Å². The van der Waals surface area contributed by atoms with E-state index in [4.69, 9.17) is 4.74 Å². The minimum Gasteiger partial charge on any atom is -0.481 e. The minimum atomic E-state index is -0.605. The van der Waals surface area contributed by atoms with Crippen LogP contribution in [0.1, 0.15) is 22.7 Å². The number of carbonyl (C=O) groups is 1. The fourth-order valence-corrected chi connectivity index (χ4v) is 2.86. The molecule has 0 bridgehead atoms. The number of pyridine rings is 1. The van der Waals surface area contributed by atoms with E-state index in [2.05, 4.69) is 15.6 Å². The van der Waals surface area contributed by atoms with Crippen molar-refractivity contribution in [3.05, 3.63) is 59.3 Å². The van der Waals surface area contributed by atoms with Crippen molar-refractivity contribution in [1.29, 1.82) is 0 Å². The number of aliphatic hydroxyl groups excluding tert-OH is 1. The second-order valence-corrected chi connectivity index (χ2v) is 5.45. The topological polar surface area (TPSA) is 83.5 Å². The van der Waals surface area contributed by atoms with E-state index in [-0.39, 0.29) is 12.1 Å². The van der Waals surface area contributed by atoms with E-state index in [1.807, 2.05) is 30.3 Å². The highest BCUT2D eigenvalue weighted by Gasteiger charge is 2.31. The number of benzene rings is 1. The van der Waals surface area contributed by atoms with Gasteiger partial charge in [0.2, 0.25) is 5.88 Å². The standard InChI is InChI=1S/C17H19N3O3/c1-23-16-12(6-4-8-18-16)10-19-17(22)20-15-13-7-3-2-5-11(13)9-14(15)21/h2-8,14-15,21H,9-10H2,1H3,(H2,19,20,22)/t14-,15+/m1/s1. The maximum atomic E-state index is 12.1. The fraction of sp³-hybridized carbons (Fsp3) is 0.294. The SMILES string of the molecule is COc1ncccc1CNC(=O)N[C@H]1c2ccccc2C[C@H]1O. The number of ether oxygens (including phenoxy) is 1. The summed E-state index contributed by atoms with van der Waals surface area (Å²) in [5.74, 6) is 0.485. The van der Waals surface area contributed by atoms with Gasteiger partial charge in [0.25, 0.3) is 0 Å². The molecule has 0 spiro atoms. The number of amides is 2. The second kappa shape index (κ2) is 6.66. The number of fused-ring (bicyclic) bond motifs is 1. The molecule has 0 fully saturated rings. The molecule has 23 heavy (non-hydrogen) atoms. The van der Waals surface area contributed by atoms with Crippen LogP contribution in [0.3, 0.4) is 0 Å². The van der Waals surface area contributed by atoms with Gasteiger partial charge in [-0.2, -0.15) is 0 Å². The molecule has 1 heterocycles. The number of hydrogen-bond donors (Lipinski definition) is 3. The predicted molar refractivity (Wildman–Crippen MR) is 85.1 cm³/mol. The van der Waals surface area contributed by atoms with Crippen LogP contribution in [0.5, 0.6) is 5.88 Å². The van der Waals surface area contributed by atoms with E-state index in [0.717, 1.165) is 16.7 Å². The Morgan fingerprint density at radius 3 is 3.00 bits per heavy atom. The Balaban J connectivity index is 1.62. The summed E-state index contributed by atoms with van der Waals surface area (Å²) in [6, 6.07) is 10.6. The van der Waals surface area contributed by atoms with Crippen molar-refractivity contribution in [3.8, 4) is 5.88 Å². The van der Waals surface area contributed by atoms with Gasteiger partial charge in [-0.3, -0.25) is 0 Å². The Morgan fingerprint density at radius 1 is 1.35 bits per heavy atom. The van der Waals surface area contributed by atoms with Crippen LogP contribution in [0.2, 0.25) is 0 Å². The van der Waals surface area contributed by atoms with E-state index in [9.17, 15) is 9.90 Å². The van der Waals surface area contributed by atoms with Crippen molar-refractivity contribution in [2.75, 3.05) is 7.11 Å². The molecule has 2 atom stereocenters. The van der Waals surface area contributed by atoms with Gasteiger partial charge in [0.15, 0.2) is 0 Å². The lowest BCUT2D eigenvalue weighted by molar-refractivity contribution is 0.142. The highest BCUT2D eigenvalue weighted by Crippen LogP contribution is 2.31. The number of hydrogen-bond acceptors (Lipinski definition) is 4. The fourth-order valence-electron chi connectivity index (χ4n) is 2.86. The number of nitrogens with one attached hydrogen (secondary N) is 2. The van der Waals surface area contributed by atoms with Crippen molar-refractivity contribution in [1.82, 2.24) is 15.6 Å². The Morgan fingerprint density at radius 2 is 2.17 bits per heavy atom. The van der Waals surface area contributed by atoms with Crippen LogP contribution in [0.4, 0.5) is 4.79 Å². The molecule has 2 amide bonds. The maximum Gasteiger partial charge on any atom is 0.315 e. The van der Waals surface area contributed by atoms with Crippen molar-refractivity contribution < 1.29 is 14.6 Å². The monoisotopic (exact) mass is 313 g/mol. The summed E-state index contributed by atoms with van der Waals surface area (Å²) in [5.41, 5.74) is 2.82. The first kappa shape index (κ1) is 15.3. The second-order valence-electron chi connectivity index (χ2n) is 5.45. The summed E-state index contributed by atoms with van der Waals surface area (Å²) in [4.78, 5) is 16.2. The highest BCUT2D eigenvalue weighted by atomic mass is 16.5. The van der Waals surface area contributed by atoms with Gasteiger partial charge in [0.1, 0.15) is 0 Å². The normalized spacial score (nSPS) is 19.0. The Labute approximate surface area is 134 Å². The molecule has 0 saturated carbocycles. The van der Waals surface area contributed by atoms with Gasteiger partial charge >= 0.3 is 6.03 Å². The van der Waals surface area contributed by atoms with Crippen LogP contribution in [0.15, 0.2) is 42.6 Å². The van der Waals surface area contributed by atoms with Gasteiger partial charge in [0.05, 0.1) is 19.3 Å². The van der Waals surface area contributed by atoms with E-state index < -0.39 is 6.10 Å². The molecule has 0 unspecified atom stereocenters. The van der Waals surface area contributed by atoms with E-state index in [1.54, 1.807) is 12.3 Å². The molecule has 0 saturated heterocycles. The van der Waals surface area contributed by atoms with Gasteiger partial charge in [-0.05, 0) is 17.2 Å². The molecule has 1 aromatic carbocycles. The number of aliphatic hydroxyl groups is 1. The van der Waals surface area contributed by atoms with Gasteiger partial charge in [-0.25, -0.2) is 9.78 Å². The van der Waals surface area contributed by atoms with Crippen LogP contribution < -0.4 is 15.4 Å². The molecule has 1 aliphatic rings. The lowest BCUT2D eigenvalue weighted by Crippen LogP contribution is -2.40. The Kier molecular flexibility index (Phi) is 4.43. The number of nitrogens with zero attached hydrogens (tertiary/aromatic N) is 1. The summed E-state index contributed by atoms with van der Waals surface area (Å²) in [7, 11) is 1.54. The first-order valence-electron chi connectivity index (χ1n) is 7.47. The summed E-state index contributed by atoms with van der Waals surface area (Å²) in [6.07, 6.45) is 1.58. The number of aromatic nitrogens is 1. The number of carbonyl (C=O) groups excluding carboxylic acids is 1. The zero-order valence-corrected chi connectivity index (χ0v) is 12.8. The molecule has 0 radical (unpaired) electrons. The average molecular weight is 313 g/mol. The Bertz CT molecular complexity index is 705. The minimum absolute atomic E-state index is 0.299. The molecule has 3 rings (SSSR count). The van der Waals surface area contributed by atoms with Crippen LogP contribution in [0.25, 0.3) is 0 Å². The molecular formula is C17H19N3O3. The molecule has 6 nitrogen and oxygen atoms in total. The third-order valence-corrected chi connectivity index (χ3v) is 3.97. The molecule has 1 aromatic heterocycles.